The fraction of sp³-hybridized carbons (Fsp3) is 0.211. The van der Waals surface area contributed by atoms with Crippen LogP contribution in [0.2, 0.25) is 0 Å². The second-order valence-electron chi connectivity index (χ2n) is 5.67. The van der Waals surface area contributed by atoms with Crippen LogP contribution in [0.5, 0.6) is 0 Å². The molecule has 0 unspecified atom stereocenters. The number of anilines is 1. The van der Waals surface area contributed by atoms with Gasteiger partial charge in [-0.3, -0.25) is 0 Å². The smallest absolute Gasteiger partial charge is 0.319 e. The van der Waals surface area contributed by atoms with E-state index >= 15 is 0 Å². The molecule has 4 nitrogen and oxygen atoms in total. The summed E-state index contributed by atoms with van der Waals surface area (Å²) in [6.45, 7) is 3.55. The van der Waals surface area contributed by atoms with Crippen molar-refractivity contribution in [2.24, 2.45) is 0 Å². The van der Waals surface area contributed by atoms with Crippen molar-refractivity contribution in [3.63, 3.8) is 0 Å². The van der Waals surface area contributed by atoms with Gasteiger partial charge in [0.15, 0.2) is 0 Å². The average molecular weight is 307 g/mol. The van der Waals surface area contributed by atoms with E-state index in [9.17, 15) is 4.79 Å². The Morgan fingerprint density at radius 1 is 1.04 bits per heavy atom. The Balaban J connectivity index is 1.44. The number of carbonyl (C=O) groups excluding carboxylic acids is 1. The van der Waals surface area contributed by atoms with E-state index in [2.05, 4.69) is 39.6 Å². The van der Waals surface area contributed by atoms with Gasteiger partial charge in [-0.25, -0.2) is 4.79 Å². The Bertz CT molecular complexity index is 790. The van der Waals surface area contributed by atoms with E-state index in [0.717, 1.165) is 18.7 Å². The van der Waals surface area contributed by atoms with Gasteiger partial charge in [0.25, 0.3) is 0 Å². The molecule has 1 heterocycles. The highest BCUT2D eigenvalue weighted by Crippen LogP contribution is 2.15. The SMILES string of the molecule is Cc1ccc(NC(=O)NCCCn2ccc3ccccc32)cc1. The summed E-state index contributed by atoms with van der Waals surface area (Å²) in [5.41, 5.74) is 3.22. The molecule has 0 radical (unpaired) electrons. The van der Waals surface area contributed by atoms with Crippen molar-refractivity contribution in [3.8, 4) is 0 Å². The van der Waals surface area contributed by atoms with Gasteiger partial charge in [0.1, 0.15) is 0 Å². The molecule has 2 aromatic carbocycles. The summed E-state index contributed by atoms with van der Waals surface area (Å²) in [6.07, 6.45) is 2.98. The number of para-hydroxylation sites is 1. The molecule has 23 heavy (non-hydrogen) atoms. The molecule has 0 aliphatic carbocycles. The molecule has 0 atom stereocenters. The van der Waals surface area contributed by atoms with Gasteiger partial charge >= 0.3 is 6.03 Å². The van der Waals surface area contributed by atoms with E-state index in [4.69, 9.17) is 0 Å². The van der Waals surface area contributed by atoms with Gasteiger partial charge in [-0.1, -0.05) is 35.9 Å². The highest BCUT2D eigenvalue weighted by Gasteiger charge is 2.02. The number of nitrogens with one attached hydrogen (secondary N) is 2. The summed E-state index contributed by atoms with van der Waals surface area (Å²) >= 11 is 0. The first kappa shape index (κ1) is 15.2. The average Bonchev–Trinajstić information content (AvgIpc) is 2.97. The van der Waals surface area contributed by atoms with Gasteiger partial charge in [-0.15, -0.1) is 0 Å². The predicted octanol–water partition coefficient (Wildman–Crippen LogP) is 4.16. The third-order valence-electron chi connectivity index (χ3n) is 3.85. The van der Waals surface area contributed by atoms with Gasteiger partial charge < -0.3 is 15.2 Å². The molecule has 2 amide bonds. The highest BCUT2D eigenvalue weighted by atomic mass is 16.2. The van der Waals surface area contributed by atoms with Crippen LogP contribution in [0.3, 0.4) is 0 Å². The molecule has 3 aromatic rings. The summed E-state index contributed by atoms with van der Waals surface area (Å²) in [6, 6.07) is 18.0. The first-order valence-electron chi connectivity index (χ1n) is 7.88. The lowest BCUT2D eigenvalue weighted by Gasteiger charge is -2.09. The second kappa shape index (κ2) is 7.01. The zero-order chi connectivity index (χ0) is 16.1. The Hall–Kier alpha value is -2.75. The molecular weight excluding hydrogens is 286 g/mol. The standard InChI is InChI=1S/C19H21N3O/c1-15-7-9-17(10-8-15)21-19(23)20-12-4-13-22-14-11-16-5-2-3-6-18(16)22/h2-3,5-11,14H,4,12-13H2,1H3,(H2,20,21,23). The Kier molecular flexibility index (Phi) is 4.62. The number of nitrogens with zero attached hydrogens (tertiary/aromatic N) is 1. The van der Waals surface area contributed by atoms with Crippen LogP contribution in [-0.2, 0) is 6.54 Å². The van der Waals surface area contributed by atoms with E-state index in [0.29, 0.717) is 6.54 Å². The van der Waals surface area contributed by atoms with Gasteiger partial charge in [0.05, 0.1) is 0 Å². The summed E-state index contributed by atoms with van der Waals surface area (Å²) < 4.78 is 2.22. The van der Waals surface area contributed by atoms with Crippen LogP contribution in [0.1, 0.15) is 12.0 Å². The Labute approximate surface area is 136 Å². The Morgan fingerprint density at radius 2 is 1.83 bits per heavy atom. The maximum Gasteiger partial charge on any atom is 0.319 e. The number of aryl methyl sites for hydroxylation is 2. The number of fused-ring (bicyclic) bond motifs is 1. The maximum absolute atomic E-state index is 11.8. The number of hydrogen-bond acceptors (Lipinski definition) is 1. The molecule has 118 valence electrons. The number of hydrogen-bond donors (Lipinski definition) is 2. The molecule has 2 N–H and O–H groups in total. The molecule has 4 heteroatoms. The number of aromatic nitrogens is 1. The second-order valence-corrected chi connectivity index (χ2v) is 5.67. The van der Waals surface area contributed by atoms with E-state index < -0.39 is 0 Å². The molecule has 0 saturated heterocycles. The topological polar surface area (TPSA) is 46.1 Å². The van der Waals surface area contributed by atoms with Crippen LogP contribution >= 0.6 is 0 Å². The number of urea groups is 1. The highest BCUT2D eigenvalue weighted by molar-refractivity contribution is 5.89. The fourth-order valence-electron chi connectivity index (χ4n) is 2.60. The molecule has 1 aromatic heterocycles. The molecule has 0 saturated carbocycles. The van der Waals surface area contributed by atoms with Crippen LogP contribution < -0.4 is 10.6 Å². The molecule has 0 fully saturated rings. The van der Waals surface area contributed by atoms with Crippen LogP contribution in [-0.4, -0.2) is 17.1 Å². The van der Waals surface area contributed by atoms with E-state index in [-0.39, 0.29) is 6.03 Å². The first-order valence-corrected chi connectivity index (χ1v) is 7.88. The van der Waals surface area contributed by atoms with E-state index in [1.54, 1.807) is 0 Å². The first-order chi connectivity index (χ1) is 11.2. The zero-order valence-electron chi connectivity index (χ0n) is 13.3. The van der Waals surface area contributed by atoms with Gasteiger partial charge in [0, 0.05) is 30.5 Å². The molecule has 0 aliphatic rings. The van der Waals surface area contributed by atoms with E-state index in [1.807, 2.05) is 43.3 Å². The number of rotatable bonds is 5. The van der Waals surface area contributed by atoms with Crippen molar-refractivity contribution in [2.75, 3.05) is 11.9 Å². The van der Waals surface area contributed by atoms with E-state index in [1.165, 1.54) is 16.5 Å². The predicted molar refractivity (Wildman–Crippen MR) is 94.8 cm³/mol. The zero-order valence-corrected chi connectivity index (χ0v) is 13.3. The summed E-state index contributed by atoms with van der Waals surface area (Å²) in [4.78, 5) is 11.8. The quantitative estimate of drug-likeness (QED) is 0.683. The lowest BCUT2D eigenvalue weighted by atomic mass is 10.2. The van der Waals surface area contributed by atoms with Gasteiger partial charge in [-0.05, 0) is 43.0 Å². The lowest BCUT2D eigenvalue weighted by Crippen LogP contribution is -2.30. The third-order valence-corrected chi connectivity index (χ3v) is 3.85. The number of amides is 2. The van der Waals surface area contributed by atoms with Gasteiger partial charge in [0.2, 0.25) is 0 Å². The van der Waals surface area contributed by atoms with Crippen LogP contribution in [0.25, 0.3) is 10.9 Å². The normalized spacial score (nSPS) is 10.7. The van der Waals surface area contributed by atoms with Crippen molar-refractivity contribution in [2.45, 2.75) is 19.9 Å². The number of carbonyl (C=O) groups is 1. The maximum atomic E-state index is 11.8. The monoisotopic (exact) mass is 307 g/mol. The minimum atomic E-state index is -0.161. The van der Waals surface area contributed by atoms with Crippen LogP contribution in [0, 0.1) is 6.92 Å². The largest absolute Gasteiger partial charge is 0.347 e. The van der Waals surface area contributed by atoms with Crippen molar-refractivity contribution in [1.29, 1.82) is 0 Å². The minimum Gasteiger partial charge on any atom is -0.347 e. The van der Waals surface area contributed by atoms with Crippen molar-refractivity contribution < 1.29 is 4.79 Å². The lowest BCUT2D eigenvalue weighted by molar-refractivity contribution is 0.252. The molecular formula is C19H21N3O. The number of benzene rings is 2. The molecule has 0 aliphatic heterocycles. The summed E-state index contributed by atoms with van der Waals surface area (Å²) in [7, 11) is 0. The molecule has 3 rings (SSSR count). The molecule has 0 bridgehead atoms. The molecule has 0 spiro atoms. The summed E-state index contributed by atoms with van der Waals surface area (Å²) in [5, 5.41) is 6.98. The summed E-state index contributed by atoms with van der Waals surface area (Å²) in [5.74, 6) is 0. The van der Waals surface area contributed by atoms with Crippen molar-refractivity contribution in [1.82, 2.24) is 9.88 Å². The Morgan fingerprint density at radius 3 is 2.65 bits per heavy atom. The third kappa shape index (κ3) is 3.92. The van der Waals surface area contributed by atoms with Crippen LogP contribution in [0.4, 0.5) is 10.5 Å². The fourth-order valence-corrected chi connectivity index (χ4v) is 2.60. The van der Waals surface area contributed by atoms with Crippen molar-refractivity contribution >= 4 is 22.6 Å². The van der Waals surface area contributed by atoms with Crippen LogP contribution in [0.15, 0.2) is 60.8 Å². The van der Waals surface area contributed by atoms with Gasteiger partial charge in [-0.2, -0.15) is 0 Å². The van der Waals surface area contributed by atoms with Crippen molar-refractivity contribution in [3.05, 3.63) is 66.4 Å². The minimum absolute atomic E-state index is 0.161.